The fourth-order valence-corrected chi connectivity index (χ4v) is 1.36. The number of ether oxygens (including phenoxy) is 2. The molecule has 1 aliphatic heterocycles. The van der Waals surface area contributed by atoms with Crippen molar-refractivity contribution >= 4 is 11.7 Å². The first-order valence-corrected chi connectivity index (χ1v) is 4.59. The lowest BCUT2D eigenvalue weighted by Crippen LogP contribution is -2.24. The van der Waals surface area contributed by atoms with Crippen molar-refractivity contribution < 1.29 is 14.3 Å². The number of aryl methyl sites for hydroxylation is 1. The Morgan fingerprint density at radius 1 is 1.33 bits per heavy atom. The van der Waals surface area contributed by atoms with Crippen LogP contribution in [0.1, 0.15) is 5.56 Å². The molecule has 1 aromatic carbocycles. The average molecular weight is 208 g/mol. The molecule has 0 unspecified atom stereocenters. The number of urea groups is 1. The third kappa shape index (κ3) is 1.81. The maximum Gasteiger partial charge on any atom is 0.318 e. The fourth-order valence-electron chi connectivity index (χ4n) is 1.36. The minimum atomic E-state index is -0.253. The lowest BCUT2D eigenvalue weighted by Gasteiger charge is -2.08. The van der Waals surface area contributed by atoms with E-state index in [1.54, 1.807) is 13.1 Å². The van der Waals surface area contributed by atoms with E-state index in [2.05, 4.69) is 10.6 Å². The number of amides is 2. The van der Waals surface area contributed by atoms with Crippen LogP contribution in [0.4, 0.5) is 10.5 Å². The minimum absolute atomic E-state index is 0.234. The first kappa shape index (κ1) is 9.64. The van der Waals surface area contributed by atoms with Crippen molar-refractivity contribution in [1.82, 2.24) is 5.32 Å². The molecule has 5 heteroatoms. The molecule has 0 atom stereocenters. The summed E-state index contributed by atoms with van der Waals surface area (Å²) in [5.41, 5.74) is 1.65. The molecule has 0 radical (unpaired) electrons. The van der Waals surface area contributed by atoms with E-state index in [1.807, 2.05) is 13.0 Å². The zero-order valence-corrected chi connectivity index (χ0v) is 8.59. The summed E-state index contributed by atoms with van der Waals surface area (Å²) in [5.74, 6) is 1.38. The summed E-state index contributed by atoms with van der Waals surface area (Å²) in [6.07, 6.45) is 0. The zero-order chi connectivity index (χ0) is 10.8. The number of hydrogen-bond acceptors (Lipinski definition) is 3. The molecule has 1 aromatic rings. The standard InChI is InChI=1S/C10H12N2O3/c1-6-3-8-9(15-5-14-8)4-7(6)12-10(13)11-2/h3-4H,5H2,1-2H3,(H2,11,12,13). The van der Waals surface area contributed by atoms with Gasteiger partial charge in [0, 0.05) is 18.8 Å². The molecule has 0 aliphatic carbocycles. The van der Waals surface area contributed by atoms with Gasteiger partial charge in [-0.2, -0.15) is 0 Å². The van der Waals surface area contributed by atoms with Gasteiger partial charge >= 0.3 is 6.03 Å². The Labute approximate surface area is 87.4 Å². The lowest BCUT2D eigenvalue weighted by atomic mass is 10.2. The van der Waals surface area contributed by atoms with Crippen LogP contribution in [-0.2, 0) is 0 Å². The first-order valence-electron chi connectivity index (χ1n) is 4.59. The number of benzene rings is 1. The Kier molecular flexibility index (Phi) is 2.37. The van der Waals surface area contributed by atoms with Crippen LogP contribution >= 0.6 is 0 Å². The maximum atomic E-state index is 11.1. The van der Waals surface area contributed by atoms with E-state index >= 15 is 0 Å². The smallest absolute Gasteiger partial charge is 0.318 e. The van der Waals surface area contributed by atoms with E-state index in [0.717, 1.165) is 17.0 Å². The SMILES string of the molecule is CNC(=O)Nc1cc2c(cc1C)OCO2. The molecule has 1 heterocycles. The zero-order valence-electron chi connectivity index (χ0n) is 8.59. The van der Waals surface area contributed by atoms with Crippen molar-refractivity contribution in [3.8, 4) is 11.5 Å². The molecule has 0 spiro atoms. The number of anilines is 1. The van der Waals surface area contributed by atoms with Crippen molar-refractivity contribution in [1.29, 1.82) is 0 Å². The highest BCUT2D eigenvalue weighted by Crippen LogP contribution is 2.36. The number of hydrogen-bond donors (Lipinski definition) is 2. The third-order valence-electron chi connectivity index (χ3n) is 2.19. The highest BCUT2D eigenvalue weighted by Gasteiger charge is 2.16. The number of rotatable bonds is 1. The van der Waals surface area contributed by atoms with Crippen LogP contribution in [0.15, 0.2) is 12.1 Å². The summed E-state index contributed by atoms with van der Waals surface area (Å²) in [4.78, 5) is 11.1. The number of carbonyl (C=O) groups excluding carboxylic acids is 1. The minimum Gasteiger partial charge on any atom is -0.454 e. The summed E-state index contributed by atoms with van der Waals surface area (Å²) in [6, 6.07) is 3.34. The van der Waals surface area contributed by atoms with Gasteiger partial charge in [-0.15, -0.1) is 0 Å². The van der Waals surface area contributed by atoms with E-state index in [0.29, 0.717) is 5.75 Å². The third-order valence-corrected chi connectivity index (χ3v) is 2.19. The highest BCUT2D eigenvalue weighted by atomic mass is 16.7. The van der Waals surface area contributed by atoms with Gasteiger partial charge in [-0.25, -0.2) is 4.79 Å². The molecule has 1 aliphatic rings. The van der Waals surface area contributed by atoms with Gasteiger partial charge in [-0.3, -0.25) is 0 Å². The Balaban J connectivity index is 2.28. The second-order valence-corrected chi connectivity index (χ2v) is 3.22. The van der Waals surface area contributed by atoms with Crippen LogP contribution < -0.4 is 20.1 Å². The molecule has 15 heavy (non-hydrogen) atoms. The molecule has 2 amide bonds. The Morgan fingerprint density at radius 3 is 2.67 bits per heavy atom. The molecule has 0 saturated carbocycles. The monoisotopic (exact) mass is 208 g/mol. The van der Waals surface area contributed by atoms with Crippen LogP contribution in [-0.4, -0.2) is 19.9 Å². The van der Waals surface area contributed by atoms with Crippen molar-refractivity contribution in [2.75, 3.05) is 19.2 Å². The summed E-state index contributed by atoms with van der Waals surface area (Å²) in [7, 11) is 1.57. The van der Waals surface area contributed by atoms with Gasteiger partial charge in [-0.05, 0) is 18.6 Å². The molecule has 0 fully saturated rings. The second-order valence-electron chi connectivity index (χ2n) is 3.22. The quantitative estimate of drug-likeness (QED) is 0.734. The Bertz CT molecular complexity index is 404. The largest absolute Gasteiger partial charge is 0.454 e. The summed E-state index contributed by atoms with van der Waals surface area (Å²) < 4.78 is 10.4. The van der Waals surface area contributed by atoms with E-state index in [-0.39, 0.29) is 12.8 Å². The first-order chi connectivity index (χ1) is 7.20. The Morgan fingerprint density at radius 2 is 2.00 bits per heavy atom. The van der Waals surface area contributed by atoms with Crippen LogP contribution in [0.5, 0.6) is 11.5 Å². The summed E-state index contributed by atoms with van der Waals surface area (Å²) in [5, 5.41) is 5.19. The predicted octanol–water partition coefficient (Wildman–Crippen LogP) is 1.48. The molecular weight excluding hydrogens is 196 g/mol. The van der Waals surface area contributed by atoms with Crippen molar-refractivity contribution in [3.05, 3.63) is 17.7 Å². The van der Waals surface area contributed by atoms with Gasteiger partial charge in [0.25, 0.3) is 0 Å². The summed E-state index contributed by atoms with van der Waals surface area (Å²) >= 11 is 0. The number of fused-ring (bicyclic) bond motifs is 1. The maximum absolute atomic E-state index is 11.1. The van der Waals surface area contributed by atoms with Crippen LogP contribution in [0, 0.1) is 6.92 Å². The van der Waals surface area contributed by atoms with Crippen molar-refractivity contribution in [3.63, 3.8) is 0 Å². The number of carbonyl (C=O) groups is 1. The van der Waals surface area contributed by atoms with Gasteiger partial charge in [0.15, 0.2) is 11.5 Å². The van der Waals surface area contributed by atoms with Gasteiger partial charge in [-0.1, -0.05) is 0 Å². The van der Waals surface area contributed by atoms with Gasteiger partial charge in [0.05, 0.1) is 0 Å². The van der Waals surface area contributed by atoms with Crippen LogP contribution in [0.3, 0.4) is 0 Å². The predicted molar refractivity (Wildman–Crippen MR) is 55.4 cm³/mol. The van der Waals surface area contributed by atoms with E-state index in [9.17, 15) is 4.79 Å². The van der Waals surface area contributed by atoms with E-state index in [4.69, 9.17) is 9.47 Å². The van der Waals surface area contributed by atoms with Gasteiger partial charge in [0.2, 0.25) is 6.79 Å². The second kappa shape index (κ2) is 3.68. The highest BCUT2D eigenvalue weighted by molar-refractivity contribution is 5.90. The van der Waals surface area contributed by atoms with Gasteiger partial charge in [0.1, 0.15) is 0 Å². The molecule has 0 aromatic heterocycles. The van der Waals surface area contributed by atoms with Crippen LogP contribution in [0.2, 0.25) is 0 Å². The van der Waals surface area contributed by atoms with Crippen LogP contribution in [0.25, 0.3) is 0 Å². The molecule has 2 rings (SSSR count). The lowest BCUT2D eigenvalue weighted by molar-refractivity contribution is 0.174. The molecule has 0 saturated heterocycles. The van der Waals surface area contributed by atoms with Crippen molar-refractivity contribution in [2.24, 2.45) is 0 Å². The Hall–Kier alpha value is -1.91. The number of nitrogens with one attached hydrogen (secondary N) is 2. The normalized spacial score (nSPS) is 12.4. The molecule has 80 valence electrons. The molecule has 0 bridgehead atoms. The average Bonchev–Trinajstić information content (AvgIpc) is 2.65. The topological polar surface area (TPSA) is 59.6 Å². The molecule has 2 N–H and O–H groups in total. The van der Waals surface area contributed by atoms with Gasteiger partial charge < -0.3 is 20.1 Å². The fraction of sp³-hybridized carbons (Fsp3) is 0.300. The van der Waals surface area contributed by atoms with E-state index < -0.39 is 0 Å². The summed E-state index contributed by atoms with van der Waals surface area (Å²) in [6.45, 7) is 2.13. The molecule has 5 nitrogen and oxygen atoms in total. The molecular formula is C10H12N2O3. The van der Waals surface area contributed by atoms with Crippen molar-refractivity contribution in [2.45, 2.75) is 6.92 Å². The van der Waals surface area contributed by atoms with E-state index in [1.165, 1.54) is 0 Å².